The van der Waals surface area contributed by atoms with Crippen LogP contribution < -0.4 is 5.73 Å². The van der Waals surface area contributed by atoms with E-state index in [9.17, 15) is 14.4 Å². The van der Waals surface area contributed by atoms with Crippen molar-refractivity contribution in [2.75, 3.05) is 6.54 Å². The van der Waals surface area contributed by atoms with Gasteiger partial charge in [-0.2, -0.15) is 11.3 Å². The number of amides is 2. The van der Waals surface area contributed by atoms with Crippen LogP contribution in [-0.2, 0) is 24.3 Å². The molecular formula is C26H31N3O3S. The van der Waals surface area contributed by atoms with Crippen LogP contribution in [0.1, 0.15) is 57.9 Å². The Bertz CT molecular complexity index is 1100. The van der Waals surface area contributed by atoms with Crippen LogP contribution >= 0.6 is 11.3 Å². The van der Waals surface area contributed by atoms with Gasteiger partial charge in [0.05, 0.1) is 24.2 Å². The fourth-order valence-corrected chi connectivity index (χ4v) is 4.44. The molecule has 6 nitrogen and oxygen atoms in total. The van der Waals surface area contributed by atoms with Crippen LogP contribution in [0.15, 0.2) is 53.2 Å². The lowest BCUT2D eigenvalue weighted by Gasteiger charge is -2.23. The lowest BCUT2D eigenvalue weighted by Crippen LogP contribution is -2.37. The van der Waals surface area contributed by atoms with E-state index in [0.717, 1.165) is 17.5 Å². The van der Waals surface area contributed by atoms with E-state index >= 15 is 0 Å². The molecule has 0 radical (unpaired) electrons. The quantitative estimate of drug-likeness (QED) is 0.424. The first-order valence-corrected chi connectivity index (χ1v) is 12.1. The van der Waals surface area contributed by atoms with Crippen molar-refractivity contribution >= 4 is 28.9 Å². The van der Waals surface area contributed by atoms with Crippen LogP contribution in [0.3, 0.4) is 0 Å². The number of thiophene rings is 1. The molecule has 2 heterocycles. The maximum atomic E-state index is 13.4. The molecule has 0 fully saturated rings. The fourth-order valence-electron chi connectivity index (χ4n) is 3.77. The predicted octanol–water partition coefficient (Wildman–Crippen LogP) is 4.46. The van der Waals surface area contributed by atoms with Gasteiger partial charge in [0.2, 0.25) is 5.91 Å². The predicted molar refractivity (Wildman–Crippen MR) is 131 cm³/mol. The first-order valence-electron chi connectivity index (χ1n) is 11.1. The van der Waals surface area contributed by atoms with Crippen LogP contribution in [0.5, 0.6) is 0 Å². The van der Waals surface area contributed by atoms with Gasteiger partial charge < -0.3 is 15.2 Å². The molecule has 33 heavy (non-hydrogen) atoms. The van der Waals surface area contributed by atoms with Crippen molar-refractivity contribution in [2.24, 2.45) is 11.7 Å². The highest BCUT2D eigenvalue weighted by Gasteiger charge is 2.24. The van der Waals surface area contributed by atoms with E-state index in [2.05, 4.69) is 13.8 Å². The zero-order valence-corrected chi connectivity index (χ0v) is 20.2. The molecule has 0 atom stereocenters. The van der Waals surface area contributed by atoms with Gasteiger partial charge in [-0.1, -0.05) is 44.2 Å². The Hall–Kier alpha value is -3.19. The van der Waals surface area contributed by atoms with Gasteiger partial charge >= 0.3 is 0 Å². The summed E-state index contributed by atoms with van der Waals surface area (Å²) in [4.78, 5) is 40.1. The molecule has 2 amide bonds. The molecular weight excluding hydrogens is 434 g/mol. The Morgan fingerprint density at radius 2 is 1.82 bits per heavy atom. The molecule has 0 saturated heterocycles. The maximum absolute atomic E-state index is 13.4. The minimum atomic E-state index is -0.556. The molecule has 0 aliphatic heterocycles. The van der Waals surface area contributed by atoms with E-state index in [0.29, 0.717) is 36.0 Å². The van der Waals surface area contributed by atoms with Crippen LogP contribution in [0.4, 0.5) is 0 Å². The zero-order chi connectivity index (χ0) is 24.0. The van der Waals surface area contributed by atoms with E-state index in [4.69, 9.17) is 5.73 Å². The number of nitrogens with two attached hydrogens (primary N) is 1. The number of benzene rings is 1. The van der Waals surface area contributed by atoms with Crippen molar-refractivity contribution in [3.05, 3.63) is 81.3 Å². The van der Waals surface area contributed by atoms with Gasteiger partial charge in [-0.3, -0.25) is 14.4 Å². The number of carbonyl (C=O) groups is 3. The van der Waals surface area contributed by atoms with Crippen LogP contribution in [-0.4, -0.2) is 33.6 Å². The molecule has 0 unspecified atom stereocenters. The van der Waals surface area contributed by atoms with E-state index in [-0.39, 0.29) is 24.7 Å². The second-order valence-electron chi connectivity index (χ2n) is 8.69. The minimum Gasteiger partial charge on any atom is -0.366 e. The number of aromatic nitrogens is 1. The van der Waals surface area contributed by atoms with Crippen molar-refractivity contribution in [1.82, 2.24) is 9.47 Å². The van der Waals surface area contributed by atoms with Gasteiger partial charge in [0.25, 0.3) is 5.91 Å². The summed E-state index contributed by atoms with van der Waals surface area (Å²) >= 11 is 1.54. The van der Waals surface area contributed by atoms with Gasteiger partial charge in [-0.05, 0) is 53.3 Å². The van der Waals surface area contributed by atoms with Crippen molar-refractivity contribution in [3.63, 3.8) is 0 Å². The number of rotatable bonds is 11. The van der Waals surface area contributed by atoms with E-state index in [1.165, 1.54) is 11.3 Å². The summed E-state index contributed by atoms with van der Waals surface area (Å²) in [5.74, 6) is -0.435. The molecule has 0 bridgehead atoms. The van der Waals surface area contributed by atoms with Gasteiger partial charge in [-0.25, -0.2) is 0 Å². The number of nitrogens with zero attached hydrogens (tertiary/aromatic N) is 2. The molecule has 1 aromatic carbocycles. The lowest BCUT2D eigenvalue weighted by molar-refractivity contribution is -0.130. The molecule has 0 aliphatic rings. The van der Waals surface area contributed by atoms with E-state index in [1.807, 2.05) is 51.7 Å². The fraction of sp³-hybridized carbons (Fsp3) is 0.346. The van der Waals surface area contributed by atoms with Crippen molar-refractivity contribution in [1.29, 1.82) is 0 Å². The van der Waals surface area contributed by atoms with E-state index < -0.39 is 5.91 Å². The smallest absolute Gasteiger partial charge is 0.250 e. The summed E-state index contributed by atoms with van der Waals surface area (Å²) in [5.41, 5.74) is 8.89. The summed E-state index contributed by atoms with van der Waals surface area (Å²) in [6.07, 6.45) is 1.10. The second kappa shape index (κ2) is 11.1. The van der Waals surface area contributed by atoms with Crippen molar-refractivity contribution in [2.45, 2.75) is 46.7 Å². The Morgan fingerprint density at radius 1 is 1.09 bits per heavy atom. The number of hydrogen-bond donors (Lipinski definition) is 1. The molecule has 3 rings (SSSR count). The normalized spacial score (nSPS) is 11.0. The minimum absolute atomic E-state index is 0.0683. The van der Waals surface area contributed by atoms with Gasteiger partial charge in [-0.15, -0.1) is 0 Å². The Morgan fingerprint density at radius 3 is 2.42 bits per heavy atom. The van der Waals surface area contributed by atoms with Crippen LogP contribution in [0.2, 0.25) is 0 Å². The molecule has 7 heteroatoms. The standard InChI is InChI=1S/C26H31N3O3S/c1-18(2)9-11-29-19(3)22(26(27)32)14-23(29)24(30)16-28(15-20-7-5-4-6-8-20)25(31)13-21-10-12-33-17-21/h4-8,10,12,14,17-18H,9,11,13,15-16H2,1-3H3,(H2,27,32). The summed E-state index contributed by atoms with van der Waals surface area (Å²) in [7, 11) is 0. The van der Waals surface area contributed by atoms with Crippen LogP contribution in [0.25, 0.3) is 0 Å². The zero-order valence-electron chi connectivity index (χ0n) is 19.4. The molecule has 2 aromatic heterocycles. The highest BCUT2D eigenvalue weighted by molar-refractivity contribution is 7.08. The molecule has 2 N–H and O–H groups in total. The first kappa shape index (κ1) is 24.5. The average molecular weight is 466 g/mol. The summed E-state index contributed by atoms with van der Waals surface area (Å²) < 4.78 is 1.87. The third-order valence-corrected chi connectivity index (χ3v) is 6.42. The van der Waals surface area contributed by atoms with Crippen molar-refractivity contribution in [3.8, 4) is 0 Å². The summed E-state index contributed by atoms with van der Waals surface area (Å²) in [6, 6.07) is 13.1. The molecule has 174 valence electrons. The first-order chi connectivity index (χ1) is 15.8. The molecule has 0 spiro atoms. The maximum Gasteiger partial charge on any atom is 0.250 e. The lowest BCUT2D eigenvalue weighted by atomic mass is 10.1. The Labute approximate surface area is 199 Å². The number of carbonyl (C=O) groups excluding carboxylic acids is 3. The number of ketones is 1. The van der Waals surface area contributed by atoms with Gasteiger partial charge in [0.1, 0.15) is 0 Å². The second-order valence-corrected chi connectivity index (χ2v) is 9.47. The van der Waals surface area contributed by atoms with Crippen molar-refractivity contribution < 1.29 is 14.4 Å². The molecule has 0 saturated carbocycles. The summed E-state index contributed by atoms with van der Waals surface area (Å²) in [5, 5.41) is 3.88. The van der Waals surface area contributed by atoms with Gasteiger partial charge in [0.15, 0.2) is 5.78 Å². The number of primary amides is 1. The Balaban J connectivity index is 1.88. The molecule has 0 aliphatic carbocycles. The number of Topliss-reactive ketones (excluding diaryl/α,β-unsaturated/α-hetero) is 1. The average Bonchev–Trinajstić information content (AvgIpc) is 3.40. The van der Waals surface area contributed by atoms with Gasteiger partial charge in [0, 0.05) is 18.8 Å². The van der Waals surface area contributed by atoms with Crippen LogP contribution in [0, 0.1) is 12.8 Å². The number of hydrogen-bond acceptors (Lipinski definition) is 4. The Kier molecular flexibility index (Phi) is 8.22. The highest BCUT2D eigenvalue weighted by atomic mass is 32.1. The summed E-state index contributed by atoms with van der Waals surface area (Å²) in [6.45, 7) is 6.91. The highest BCUT2D eigenvalue weighted by Crippen LogP contribution is 2.19. The topological polar surface area (TPSA) is 85.4 Å². The largest absolute Gasteiger partial charge is 0.366 e. The van der Waals surface area contributed by atoms with E-state index in [1.54, 1.807) is 17.9 Å². The molecule has 3 aromatic rings. The SMILES string of the molecule is Cc1c(C(N)=O)cc(C(=O)CN(Cc2ccccc2)C(=O)Cc2ccsc2)n1CCC(C)C. The third kappa shape index (κ3) is 6.42. The third-order valence-electron chi connectivity index (χ3n) is 5.69. The monoisotopic (exact) mass is 465 g/mol.